The molecule has 0 saturated carbocycles. The second kappa shape index (κ2) is 5.49. The Balaban J connectivity index is 1.84. The summed E-state index contributed by atoms with van der Waals surface area (Å²) in [5.74, 6) is 0. The highest BCUT2D eigenvalue weighted by molar-refractivity contribution is 7.16. The lowest BCUT2D eigenvalue weighted by molar-refractivity contribution is 1.19. The number of benzene rings is 1. The molecule has 0 amide bonds. The van der Waals surface area contributed by atoms with Crippen molar-refractivity contribution in [2.45, 2.75) is 19.9 Å². The number of nitrogens with zero attached hydrogens (tertiary/aromatic N) is 1. The minimum absolute atomic E-state index is 0.727. The van der Waals surface area contributed by atoms with Crippen molar-refractivity contribution in [3.8, 4) is 0 Å². The van der Waals surface area contributed by atoms with Gasteiger partial charge in [0.15, 0.2) is 0 Å². The topological polar surface area (TPSA) is 24.9 Å². The lowest BCUT2D eigenvalue weighted by Gasteiger charge is -2.07. The third-order valence-electron chi connectivity index (χ3n) is 2.96. The van der Waals surface area contributed by atoms with E-state index in [-0.39, 0.29) is 0 Å². The highest BCUT2D eigenvalue weighted by Crippen LogP contribution is 2.32. The fraction of sp³-hybridized carbons (Fsp3) is 0.214. The molecule has 0 saturated heterocycles. The molecular formula is C14H13ClN2S2. The molecule has 0 bridgehead atoms. The molecule has 3 rings (SSSR count). The Hall–Kier alpha value is -1.10. The van der Waals surface area contributed by atoms with Gasteiger partial charge in [0.25, 0.3) is 0 Å². The van der Waals surface area contributed by atoms with E-state index in [1.807, 2.05) is 29.0 Å². The molecule has 3 aromatic rings. The standard InChI is InChI=1S/C14H13ClN2S2/c1-2-9-3-4-10(19-9)7-16-13-11(15)5-6-12-14(13)17-8-18-12/h3-6,8,16H,2,7H2,1H3. The molecule has 0 unspecified atom stereocenters. The van der Waals surface area contributed by atoms with Gasteiger partial charge < -0.3 is 5.32 Å². The van der Waals surface area contributed by atoms with E-state index >= 15 is 0 Å². The maximum atomic E-state index is 6.26. The quantitative estimate of drug-likeness (QED) is 0.718. The summed E-state index contributed by atoms with van der Waals surface area (Å²) in [5, 5.41) is 4.15. The van der Waals surface area contributed by atoms with Crippen LogP contribution in [0.25, 0.3) is 10.2 Å². The Bertz CT molecular complexity index is 702. The molecular weight excluding hydrogens is 296 g/mol. The van der Waals surface area contributed by atoms with Crippen LogP contribution >= 0.6 is 34.3 Å². The van der Waals surface area contributed by atoms with Crippen LogP contribution in [0.2, 0.25) is 5.02 Å². The smallest absolute Gasteiger partial charge is 0.106 e. The van der Waals surface area contributed by atoms with Crippen LogP contribution in [0.15, 0.2) is 29.8 Å². The van der Waals surface area contributed by atoms with E-state index in [1.54, 1.807) is 11.3 Å². The lowest BCUT2D eigenvalue weighted by atomic mass is 10.3. The molecule has 19 heavy (non-hydrogen) atoms. The highest BCUT2D eigenvalue weighted by atomic mass is 35.5. The van der Waals surface area contributed by atoms with Crippen molar-refractivity contribution in [1.82, 2.24) is 4.98 Å². The Morgan fingerprint density at radius 2 is 2.05 bits per heavy atom. The van der Waals surface area contributed by atoms with Gasteiger partial charge in [-0.25, -0.2) is 4.98 Å². The zero-order valence-corrected chi connectivity index (χ0v) is 12.8. The second-order valence-corrected chi connectivity index (χ2v) is 6.74. The predicted octanol–water partition coefficient (Wildman–Crippen LogP) is 5.19. The summed E-state index contributed by atoms with van der Waals surface area (Å²) in [6.07, 6.45) is 1.09. The molecule has 0 aliphatic carbocycles. The minimum atomic E-state index is 0.727. The van der Waals surface area contributed by atoms with E-state index in [1.165, 1.54) is 9.75 Å². The number of hydrogen-bond acceptors (Lipinski definition) is 4. The van der Waals surface area contributed by atoms with Gasteiger partial charge in [-0.15, -0.1) is 22.7 Å². The number of fused-ring (bicyclic) bond motifs is 1. The van der Waals surface area contributed by atoms with Gasteiger partial charge in [0.2, 0.25) is 0 Å². The Morgan fingerprint density at radius 3 is 2.84 bits per heavy atom. The van der Waals surface area contributed by atoms with Crippen LogP contribution in [0.4, 0.5) is 5.69 Å². The van der Waals surface area contributed by atoms with E-state index in [4.69, 9.17) is 11.6 Å². The molecule has 0 aliphatic rings. The number of anilines is 1. The van der Waals surface area contributed by atoms with E-state index in [0.29, 0.717) is 0 Å². The van der Waals surface area contributed by atoms with E-state index in [0.717, 1.165) is 33.9 Å². The lowest BCUT2D eigenvalue weighted by Crippen LogP contribution is -1.98. The first-order valence-corrected chi connectivity index (χ1v) is 8.18. The van der Waals surface area contributed by atoms with E-state index < -0.39 is 0 Å². The molecule has 0 aliphatic heterocycles. The van der Waals surface area contributed by atoms with Crippen LogP contribution in [0.1, 0.15) is 16.7 Å². The molecule has 5 heteroatoms. The monoisotopic (exact) mass is 308 g/mol. The molecule has 0 atom stereocenters. The van der Waals surface area contributed by atoms with Crippen LogP contribution in [0.3, 0.4) is 0 Å². The van der Waals surface area contributed by atoms with Crippen molar-refractivity contribution in [3.05, 3.63) is 44.6 Å². The van der Waals surface area contributed by atoms with Gasteiger partial charge in [-0.05, 0) is 30.7 Å². The average Bonchev–Trinajstić information content (AvgIpc) is 3.05. The summed E-state index contributed by atoms with van der Waals surface area (Å²) < 4.78 is 1.16. The number of halogens is 1. The van der Waals surface area contributed by atoms with Crippen molar-refractivity contribution in [3.63, 3.8) is 0 Å². The fourth-order valence-electron chi connectivity index (χ4n) is 1.96. The summed E-state index contributed by atoms with van der Waals surface area (Å²) in [4.78, 5) is 7.12. The maximum Gasteiger partial charge on any atom is 0.106 e. The van der Waals surface area contributed by atoms with E-state index in [9.17, 15) is 0 Å². The van der Waals surface area contributed by atoms with Gasteiger partial charge in [0.1, 0.15) is 5.52 Å². The van der Waals surface area contributed by atoms with Gasteiger partial charge in [0, 0.05) is 16.3 Å². The first kappa shape index (κ1) is 12.9. The SMILES string of the molecule is CCc1ccc(CNc2c(Cl)ccc3scnc23)s1. The molecule has 2 nitrogen and oxygen atoms in total. The average molecular weight is 309 g/mol. The van der Waals surface area contributed by atoms with Gasteiger partial charge in [-0.2, -0.15) is 0 Å². The van der Waals surface area contributed by atoms with Crippen molar-refractivity contribution in [2.75, 3.05) is 5.32 Å². The number of nitrogens with one attached hydrogen (secondary N) is 1. The number of thiazole rings is 1. The third kappa shape index (κ3) is 2.61. The molecule has 2 aromatic heterocycles. The van der Waals surface area contributed by atoms with Crippen molar-refractivity contribution in [1.29, 1.82) is 0 Å². The Labute approximate surface area is 125 Å². The number of hydrogen-bond donors (Lipinski definition) is 1. The molecule has 98 valence electrons. The molecule has 1 aromatic carbocycles. The number of thiophene rings is 1. The van der Waals surface area contributed by atoms with Crippen LogP contribution in [-0.2, 0) is 13.0 Å². The van der Waals surface area contributed by atoms with Gasteiger partial charge in [0.05, 0.1) is 20.9 Å². The first-order chi connectivity index (χ1) is 9.28. The summed E-state index contributed by atoms with van der Waals surface area (Å²) in [6, 6.07) is 8.30. The summed E-state index contributed by atoms with van der Waals surface area (Å²) >= 11 is 9.74. The molecule has 1 N–H and O–H groups in total. The summed E-state index contributed by atoms with van der Waals surface area (Å²) in [5.41, 5.74) is 3.75. The second-order valence-electron chi connectivity index (χ2n) is 4.20. The normalized spacial score (nSPS) is 11.1. The summed E-state index contributed by atoms with van der Waals surface area (Å²) in [7, 11) is 0. The zero-order chi connectivity index (χ0) is 13.2. The van der Waals surface area contributed by atoms with Crippen LogP contribution in [0.5, 0.6) is 0 Å². The Morgan fingerprint density at radius 1 is 1.21 bits per heavy atom. The van der Waals surface area contributed by atoms with Crippen molar-refractivity contribution >= 4 is 50.2 Å². The fourth-order valence-corrected chi connectivity index (χ4v) is 3.76. The van der Waals surface area contributed by atoms with Gasteiger partial charge >= 0.3 is 0 Å². The minimum Gasteiger partial charge on any atom is -0.377 e. The van der Waals surface area contributed by atoms with E-state index in [2.05, 4.69) is 29.4 Å². The maximum absolute atomic E-state index is 6.26. The van der Waals surface area contributed by atoms with Crippen LogP contribution < -0.4 is 5.32 Å². The molecule has 0 spiro atoms. The van der Waals surface area contributed by atoms with Crippen molar-refractivity contribution < 1.29 is 0 Å². The molecule has 0 radical (unpaired) electrons. The van der Waals surface area contributed by atoms with Gasteiger partial charge in [-0.1, -0.05) is 18.5 Å². The highest BCUT2D eigenvalue weighted by Gasteiger charge is 2.09. The zero-order valence-electron chi connectivity index (χ0n) is 10.4. The van der Waals surface area contributed by atoms with Crippen LogP contribution in [-0.4, -0.2) is 4.98 Å². The summed E-state index contributed by atoms with van der Waals surface area (Å²) in [6.45, 7) is 2.97. The van der Waals surface area contributed by atoms with Crippen molar-refractivity contribution in [2.24, 2.45) is 0 Å². The molecule has 2 heterocycles. The largest absolute Gasteiger partial charge is 0.377 e. The number of aromatic nitrogens is 1. The Kier molecular flexibility index (Phi) is 3.73. The third-order valence-corrected chi connectivity index (χ3v) is 5.30. The molecule has 0 fully saturated rings. The predicted molar refractivity (Wildman–Crippen MR) is 85.7 cm³/mol. The number of rotatable bonds is 4. The first-order valence-electron chi connectivity index (χ1n) is 6.11. The van der Waals surface area contributed by atoms with Gasteiger partial charge in [-0.3, -0.25) is 0 Å². The number of aryl methyl sites for hydroxylation is 1. The van der Waals surface area contributed by atoms with Crippen LogP contribution in [0, 0.1) is 0 Å².